The van der Waals surface area contributed by atoms with Gasteiger partial charge in [0.1, 0.15) is 0 Å². The average Bonchev–Trinajstić information content (AvgIpc) is 2.39. The second-order valence-corrected chi connectivity index (χ2v) is 4.45. The Morgan fingerprint density at radius 1 is 1.65 bits per heavy atom. The van der Waals surface area contributed by atoms with Crippen molar-refractivity contribution in [3.63, 3.8) is 0 Å². The first-order valence-electron chi connectivity index (χ1n) is 5.69. The third-order valence-electron chi connectivity index (χ3n) is 2.92. The van der Waals surface area contributed by atoms with Crippen LogP contribution in [0.1, 0.15) is 6.92 Å². The Labute approximate surface area is 106 Å². The van der Waals surface area contributed by atoms with Crippen molar-refractivity contribution < 1.29 is 9.47 Å². The van der Waals surface area contributed by atoms with Gasteiger partial charge in [-0.3, -0.25) is 0 Å². The molecule has 0 bridgehead atoms. The second kappa shape index (κ2) is 5.56. The van der Waals surface area contributed by atoms with Crippen LogP contribution in [0.2, 0.25) is 0 Å². The monoisotopic (exact) mass is 256 g/mol. The van der Waals surface area contributed by atoms with Gasteiger partial charge in [-0.15, -0.1) is 11.6 Å². The van der Waals surface area contributed by atoms with Crippen LogP contribution in [-0.2, 0) is 4.74 Å². The zero-order valence-electron chi connectivity index (χ0n) is 10.1. The molecule has 2 atom stereocenters. The van der Waals surface area contributed by atoms with Crippen LogP contribution in [-0.4, -0.2) is 43.3 Å². The van der Waals surface area contributed by atoms with Crippen LogP contribution in [0.15, 0.2) is 18.3 Å². The molecule has 1 fully saturated rings. The molecular formula is C12H17ClN2O2. The fourth-order valence-corrected chi connectivity index (χ4v) is 2.15. The van der Waals surface area contributed by atoms with E-state index in [4.69, 9.17) is 21.1 Å². The van der Waals surface area contributed by atoms with Crippen molar-refractivity contribution in [3.8, 4) is 5.75 Å². The van der Waals surface area contributed by atoms with Crippen molar-refractivity contribution in [2.75, 3.05) is 31.0 Å². The lowest BCUT2D eigenvalue weighted by Crippen LogP contribution is -2.49. The van der Waals surface area contributed by atoms with E-state index < -0.39 is 0 Å². The highest BCUT2D eigenvalue weighted by Gasteiger charge is 2.28. The third kappa shape index (κ3) is 2.64. The van der Waals surface area contributed by atoms with Gasteiger partial charge in [-0.1, -0.05) is 0 Å². The van der Waals surface area contributed by atoms with Crippen molar-refractivity contribution in [2.24, 2.45) is 0 Å². The number of hydrogen-bond donors (Lipinski definition) is 0. The first-order chi connectivity index (χ1) is 8.26. The minimum atomic E-state index is 0.0552. The molecule has 2 heterocycles. The number of rotatable bonds is 3. The third-order valence-corrected chi connectivity index (χ3v) is 3.26. The Bertz CT molecular complexity index is 375. The smallest absolute Gasteiger partial charge is 0.171 e. The normalized spacial score (nSPS) is 24.8. The van der Waals surface area contributed by atoms with Crippen molar-refractivity contribution in [2.45, 2.75) is 19.1 Å². The molecule has 0 radical (unpaired) electrons. The van der Waals surface area contributed by atoms with Gasteiger partial charge in [0.15, 0.2) is 11.6 Å². The topological polar surface area (TPSA) is 34.6 Å². The van der Waals surface area contributed by atoms with Gasteiger partial charge in [-0.25, -0.2) is 4.98 Å². The summed E-state index contributed by atoms with van der Waals surface area (Å²) in [5.74, 6) is 2.15. The van der Waals surface area contributed by atoms with Crippen LogP contribution < -0.4 is 9.64 Å². The molecule has 2 rings (SSSR count). The Morgan fingerprint density at radius 3 is 3.18 bits per heavy atom. The fourth-order valence-electron chi connectivity index (χ4n) is 1.96. The maximum atomic E-state index is 5.85. The van der Waals surface area contributed by atoms with Crippen molar-refractivity contribution >= 4 is 17.4 Å². The fraction of sp³-hybridized carbons (Fsp3) is 0.583. The Kier molecular flexibility index (Phi) is 4.07. The molecule has 0 saturated carbocycles. The second-order valence-electron chi connectivity index (χ2n) is 4.14. The molecule has 1 aliphatic rings. The zero-order chi connectivity index (χ0) is 12.3. The number of morpholine rings is 1. The van der Waals surface area contributed by atoms with Gasteiger partial charge in [0.2, 0.25) is 0 Å². The molecule has 0 aromatic carbocycles. The Hall–Kier alpha value is -1.00. The summed E-state index contributed by atoms with van der Waals surface area (Å²) in [6.07, 6.45) is 1.83. The number of hydrogen-bond acceptors (Lipinski definition) is 4. The van der Waals surface area contributed by atoms with Crippen LogP contribution >= 0.6 is 11.6 Å². The van der Waals surface area contributed by atoms with E-state index >= 15 is 0 Å². The van der Waals surface area contributed by atoms with Crippen LogP contribution in [0, 0.1) is 0 Å². The largest absolute Gasteiger partial charge is 0.493 e. The van der Waals surface area contributed by atoms with E-state index in [9.17, 15) is 0 Å². The lowest BCUT2D eigenvalue weighted by atomic mass is 10.2. The molecular weight excluding hydrogens is 240 g/mol. The molecule has 4 nitrogen and oxygen atoms in total. The lowest BCUT2D eigenvalue weighted by Gasteiger charge is -2.38. The van der Waals surface area contributed by atoms with Gasteiger partial charge in [0.25, 0.3) is 0 Å². The van der Waals surface area contributed by atoms with Crippen molar-refractivity contribution in [3.05, 3.63) is 18.3 Å². The summed E-state index contributed by atoms with van der Waals surface area (Å²) in [6.45, 7) is 3.52. The maximum Gasteiger partial charge on any atom is 0.171 e. The van der Waals surface area contributed by atoms with Crippen LogP contribution in [0.4, 0.5) is 5.82 Å². The molecule has 0 amide bonds. The summed E-state index contributed by atoms with van der Waals surface area (Å²) in [5, 5.41) is 0. The first-order valence-corrected chi connectivity index (χ1v) is 6.23. The molecule has 0 N–H and O–H groups in total. The number of methoxy groups -OCH3 is 1. The number of nitrogens with zero attached hydrogens (tertiary/aromatic N) is 2. The quantitative estimate of drug-likeness (QED) is 0.774. The highest BCUT2D eigenvalue weighted by molar-refractivity contribution is 6.18. The van der Waals surface area contributed by atoms with Crippen LogP contribution in [0.3, 0.4) is 0 Å². The minimum absolute atomic E-state index is 0.0552. The summed E-state index contributed by atoms with van der Waals surface area (Å²) in [7, 11) is 1.66. The van der Waals surface area contributed by atoms with E-state index in [0.29, 0.717) is 12.5 Å². The zero-order valence-corrected chi connectivity index (χ0v) is 10.9. The van der Waals surface area contributed by atoms with Crippen LogP contribution in [0.25, 0.3) is 0 Å². The van der Waals surface area contributed by atoms with Gasteiger partial charge in [0, 0.05) is 12.7 Å². The highest BCUT2D eigenvalue weighted by atomic mass is 35.5. The van der Waals surface area contributed by atoms with E-state index in [0.717, 1.165) is 18.1 Å². The highest BCUT2D eigenvalue weighted by Crippen LogP contribution is 2.28. The van der Waals surface area contributed by atoms with E-state index in [-0.39, 0.29) is 12.1 Å². The summed E-state index contributed by atoms with van der Waals surface area (Å²) < 4.78 is 11.0. The maximum absolute atomic E-state index is 5.85. The molecule has 1 aromatic heterocycles. The summed E-state index contributed by atoms with van der Waals surface area (Å²) in [4.78, 5) is 6.58. The molecule has 1 saturated heterocycles. The molecule has 5 heteroatoms. The summed E-state index contributed by atoms with van der Waals surface area (Å²) in [5.41, 5.74) is 0. The predicted molar refractivity (Wildman–Crippen MR) is 68.1 cm³/mol. The Balaban J connectivity index is 2.24. The van der Waals surface area contributed by atoms with Gasteiger partial charge in [-0.2, -0.15) is 0 Å². The van der Waals surface area contributed by atoms with Gasteiger partial charge < -0.3 is 14.4 Å². The van der Waals surface area contributed by atoms with Crippen molar-refractivity contribution in [1.29, 1.82) is 0 Å². The number of halogens is 1. The molecule has 17 heavy (non-hydrogen) atoms. The predicted octanol–water partition coefficient (Wildman–Crippen LogP) is 1.92. The lowest BCUT2D eigenvalue weighted by molar-refractivity contribution is 0.0359. The van der Waals surface area contributed by atoms with E-state index in [1.807, 2.05) is 12.1 Å². The molecule has 1 aliphatic heterocycles. The molecule has 2 unspecified atom stereocenters. The van der Waals surface area contributed by atoms with Gasteiger partial charge in [0.05, 0.1) is 31.7 Å². The van der Waals surface area contributed by atoms with E-state index in [1.54, 1.807) is 13.3 Å². The number of ether oxygens (including phenoxy) is 2. The SMILES string of the molecule is COc1cccnc1N1CC(CCl)OCC1C. The Morgan fingerprint density at radius 2 is 2.47 bits per heavy atom. The molecule has 0 aliphatic carbocycles. The number of aromatic nitrogens is 1. The average molecular weight is 257 g/mol. The standard InChI is InChI=1S/C12H17ClN2O2/c1-9-8-17-10(6-13)7-15(9)12-11(16-2)4-3-5-14-12/h3-5,9-10H,6-8H2,1-2H3. The molecule has 1 aromatic rings. The number of alkyl halides is 1. The van der Waals surface area contributed by atoms with E-state index in [1.165, 1.54) is 0 Å². The molecule has 94 valence electrons. The van der Waals surface area contributed by atoms with Gasteiger partial charge >= 0.3 is 0 Å². The van der Waals surface area contributed by atoms with Crippen LogP contribution in [0.5, 0.6) is 5.75 Å². The number of pyridine rings is 1. The van der Waals surface area contributed by atoms with E-state index in [2.05, 4.69) is 16.8 Å². The number of anilines is 1. The minimum Gasteiger partial charge on any atom is -0.493 e. The van der Waals surface area contributed by atoms with Gasteiger partial charge in [-0.05, 0) is 19.1 Å². The molecule has 0 spiro atoms. The van der Waals surface area contributed by atoms with Crippen molar-refractivity contribution in [1.82, 2.24) is 4.98 Å². The summed E-state index contributed by atoms with van der Waals surface area (Å²) in [6, 6.07) is 4.06. The summed E-state index contributed by atoms with van der Waals surface area (Å²) >= 11 is 5.85. The first kappa shape index (κ1) is 12.5.